The predicted octanol–water partition coefficient (Wildman–Crippen LogP) is 5.53. The third kappa shape index (κ3) is 3.63. The molecule has 0 heterocycles. The summed E-state index contributed by atoms with van der Waals surface area (Å²) in [6, 6.07) is 0. The van der Waals surface area contributed by atoms with Crippen LogP contribution in [-0.4, -0.2) is 24.6 Å². The lowest BCUT2D eigenvalue weighted by Crippen LogP contribution is -2.53. The zero-order valence-electron chi connectivity index (χ0n) is 18.9. The molecule has 0 N–H and O–H groups in total. The number of rotatable bonds is 4. The Morgan fingerprint density at radius 3 is 2.34 bits per heavy atom. The van der Waals surface area contributed by atoms with Crippen molar-refractivity contribution in [3.8, 4) is 0 Å². The van der Waals surface area contributed by atoms with Crippen molar-refractivity contribution in [3.63, 3.8) is 0 Å². The first-order valence-electron chi connectivity index (χ1n) is 12.1. The van der Waals surface area contributed by atoms with E-state index >= 15 is 0 Å². The lowest BCUT2D eigenvalue weighted by Gasteiger charge is -2.60. The van der Waals surface area contributed by atoms with Crippen LogP contribution in [-0.2, 0) is 19.1 Å². The van der Waals surface area contributed by atoms with Crippen LogP contribution < -0.4 is 0 Å². The normalized spacial score (nSPS) is 44.8. The van der Waals surface area contributed by atoms with E-state index in [-0.39, 0.29) is 30.1 Å². The summed E-state index contributed by atoms with van der Waals surface area (Å²) in [5.74, 6) is 3.10. The molecular weight excluding hydrogens is 364 g/mol. The molecule has 4 heteroatoms. The topological polar surface area (TPSA) is 52.6 Å². The van der Waals surface area contributed by atoms with Gasteiger partial charge < -0.3 is 9.47 Å². The van der Waals surface area contributed by atoms with Crippen molar-refractivity contribution in [1.29, 1.82) is 0 Å². The molecular formula is C25H40O4. The van der Waals surface area contributed by atoms with E-state index in [4.69, 9.17) is 9.47 Å². The first kappa shape index (κ1) is 21.2. The van der Waals surface area contributed by atoms with Crippen LogP contribution >= 0.6 is 0 Å². The fourth-order valence-corrected chi connectivity index (χ4v) is 8.59. The summed E-state index contributed by atoms with van der Waals surface area (Å²) >= 11 is 0. The van der Waals surface area contributed by atoms with Crippen LogP contribution in [0.3, 0.4) is 0 Å². The van der Waals surface area contributed by atoms with Gasteiger partial charge in [-0.05, 0) is 85.9 Å². The molecule has 4 saturated carbocycles. The molecule has 0 aromatic carbocycles. The second-order valence-corrected chi connectivity index (χ2v) is 11.1. The second kappa shape index (κ2) is 7.89. The Hall–Kier alpha value is -1.06. The van der Waals surface area contributed by atoms with Crippen molar-refractivity contribution in [3.05, 3.63) is 0 Å². The molecule has 0 amide bonds. The third-order valence-electron chi connectivity index (χ3n) is 9.87. The fourth-order valence-electron chi connectivity index (χ4n) is 8.59. The second-order valence-electron chi connectivity index (χ2n) is 11.1. The average Bonchev–Trinajstić information content (AvgIpc) is 3.01. The maximum atomic E-state index is 11.8. The minimum atomic E-state index is -0.301. The van der Waals surface area contributed by atoms with E-state index in [1.54, 1.807) is 0 Å². The first-order chi connectivity index (χ1) is 13.8. The molecule has 4 rings (SSSR count). The van der Waals surface area contributed by atoms with Crippen molar-refractivity contribution < 1.29 is 19.1 Å². The van der Waals surface area contributed by atoms with E-state index in [0.717, 1.165) is 30.1 Å². The predicted molar refractivity (Wildman–Crippen MR) is 112 cm³/mol. The SMILES string of the molecule is CC(=O)OC[C@H](OC(C)=O)[C@H]1CC[C@H]2[C@@H]3CC[C@H]4CCCC[C@]4(C)[C@H]3CC[C@]12C. The summed E-state index contributed by atoms with van der Waals surface area (Å²) in [7, 11) is 0. The Morgan fingerprint density at radius 2 is 1.62 bits per heavy atom. The molecule has 8 atom stereocenters. The number of carbonyl (C=O) groups excluding carboxylic acids is 2. The van der Waals surface area contributed by atoms with E-state index in [1.165, 1.54) is 71.6 Å². The Morgan fingerprint density at radius 1 is 0.862 bits per heavy atom. The van der Waals surface area contributed by atoms with Crippen LogP contribution in [0.5, 0.6) is 0 Å². The maximum absolute atomic E-state index is 11.8. The number of hydrogen-bond acceptors (Lipinski definition) is 4. The maximum Gasteiger partial charge on any atom is 0.303 e. The third-order valence-corrected chi connectivity index (χ3v) is 9.87. The number of hydrogen-bond donors (Lipinski definition) is 0. The fraction of sp³-hybridized carbons (Fsp3) is 0.920. The highest BCUT2D eigenvalue weighted by Crippen LogP contribution is 2.67. The smallest absolute Gasteiger partial charge is 0.303 e. The van der Waals surface area contributed by atoms with Gasteiger partial charge in [0.2, 0.25) is 0 Å². The molecule has 0 aromatic rings. The highest BCUT2D eigenvalue weighted by Gasteiger charge is 2.61. The molecule has 0 aliphatic heterocycles. The zero-order chi connectivity index (χ0) is 20.8. The van der Waals surface area contributed by atoms with Gasteiger partial charge in [0.15, 0.2) is 0 Å². The summed E-state index contributed by atoms with van der Waals surface area (Å²) < 4.78 is 11.0. The van der Waals surface area contributed by atoms with E-state index in [1.807, 2.05) is 0 Å². The van der Waals surface area contributed by atoms with E-state index in [0.29, 0.717) is 11.3 Å². The van der Waals surface area contributed by atoms with Gasteiger partial charge in [-0.2, -0.15) is 0 Å². The highest BCUT2D eigenvalue weighted by molar-refractivity contribution is 5.67. The zero-order valence-corrected chi connectivity index (χ0v) is 18.9. The number of ether oxygens (including phenoxy) is 2. The molecule has 0 unspecified atom stereocenters. The van der Waals surface area contributed by atoms with Crippen molar-refractivity contribution in [2.45, 2.75) is 98.0 Å². The minimum Gasteiger partial charge on any atom is -0.462 e. The number of fused-ring (bicyclic) bond motifs is 5. The number of carbonyl (C=O) groups is 2. The van der Waals surface area contributed by atoms with Crippen LogP contribution in [0, 0.1) is 40.4 Å². The Labute approximate surface area is 176 Å². The molecule has 4 nitrogen and oxygen atoms in total. The summed E-state index contributed by atoms with van der Waals surface area (Å²) in [5, 5.41) is 0. The molecule has 164 valence electrons. The highest BCUT2D eigenvalue weighted by atomic mass is 16.6. The summed E-state index contributed by atoms with van der Waals surface area (Å²) in [4.78, 5) is 23.2. The van der Waals surface area contributed by atoms with Gasteiger partial charge >= 0.3 is 11.9 Å². The monoisotopic (exact) mass is 404 g/mol. The molecule has 0 spiro atoms. The Balaban J connectivity index is 1.55. The first-order valence-corrected chi connectivity index (χ1v) is 12.1. The van der Waals surface area contributed by atoms with E-state index < -0.39 is 0 Å². The van der Waals surface area contributed by atoms with Gasteiger partial charge in [-0.15, -0.1) is 0 Å². The van der Waals surface area contributed by atoms with Gasteiger partial charge in [-0.25, -0.2) is 0 Å². The van der Waals surface area contributed by atoms with Crippen molar-refractivity contribution in [2.75, 3.05) is 6.61 Å². The van der Waals surface area contributed by atoms with Crippen molar-refractivity contribution >= 4 is 11.9 Å². The van der Waals surface area contributed by atoms with Crippen LogP contribution in [0.15, 0.2) is 0 Å². The van der Waals surface area contributed by atoms with E-state index in [9.17, 15) is 9.59 Å². The van der Waals surface area contributed by atoms with Crippen LogP contribution in [0.25, 0.3) is 0 Å². The molecule has 4 aliphatic rings. The van der Waals surface area contributed by atoms with Gasteiger partial charge in [0.05, 0.1) is 0 Å². The van der Waals surface area contributed by atoms with Gasteiger partial charge in [0.25, 0.3) is 0 Å². The molecule has 29 heavy (non-hydrogen) atoms. The summed E-state index contributed by atoms with van der Waals surface area (Å²) in [6.45, 7) is 8.17. The summed E-state index contributed by atoms with van der Waals surface area (Å²) in [6.07, 6.45) is 13.1. The van der Waals surface area contributed by atoms with Crippen LogP contribution in [0.4, 0.5) is 0 Å². The lowest BCUT2D eigenvalue weighted by molar-refractivity contribution is -0.167. The quantitative estimate of drug-likeness (QED) is 0.578. The van der Waals surface area contributed by atoms with Crippen LogP contribution in [0.1, 0.15) is 91.9 Å². The number of esters is 2. The average molecular weight is 405 g/mol. The molecule has 0 bridgehead atoms. The largest absolute Gasteiger partial charge is 0.462 e. The molecule has 4 aliphatic carbocycles. The van der Waals surface area contributed by atoms with Gasteiger partial charge in [0.1, 0.15) is 12.7 Å². The van der Waals surface area contributed by atoms with Crippen molar-refractivity contribution in [1.82, 2.24) is 0 Å². The molecule has 0 radical (unpaired) electrons. The molecule has 0 aromatic heterocycles. The van der Waals surface area contributed by atoms with Crippen LogP contribution in [0.2, 0.25) is 0 Å². The minimum absolute atomic E-state index is 0.194. The standard InChI is InChI=1S/C25H40O4/c1-16(26)28-15-23(29-17(2)27)22-11-10-20-19-9-8-18-7-5-6-13-24(18,3)21(19)12-14-25(20,22)4/h18-23H,5-15H2,1-4H3/t18-,19+,20+,21+,22-,23+,24+,25+/m1/s1. The Bertz CT molecular complexity index is 645. The van der Waals surface area contributed by atoms with Gasteiger partial charge in [0, 0.05) is 19.8 Å². The Kier molecular flexibility index (Phi) is 5.76. The van der Waals surface area contributed by atoms with Crippen molar-refractivity contribution in [2.24, 2.45) is 40.4 Å². The summed E-state index contributed by atoms with van der Waals surface area (Å²) in [5.41, 5.74) is 0.743. The van der Waals surface area contributed by atoms with Gasteiger partial charge in [-0.3, -0.25) is 9.59 Å². The molecule has 0 saturated heterocycles. The van der Waals surface area contributed by atoms with Gasteiger partial charge in [-0.1, -0.05) is 26.7 Å². The lowest BCUT2D eigenvalue weighted by atomic mass is 9.45. The van der Waals surface area contributed by atoms with E-state index in [2.05, 4.69) is 13.8 Å². The molecule has 4 fully saturated rings.